The molecular formula is C24H30N4O2. The molecule has 1 aromatic heterocycles. The van der Waals surface area contributed by atoms with Crippen molar-refractivity contribution in [3.8, 4) is 0 Å². The molecule has 0 saturated carbocycles. The summed E-state index contributed by atoms with van der Waals surface area (Å²) in [5.74, 6) is 0. The highest BCUT2D eigenvalue weighted by Gasteiger charge is 2.16. The summed E-state index contributed by atoms with van der Waals surface area (Å²) in [7, 11) is 0. The van der Waals surface area contributed by atoms with Crippen molar-refractivity contribution >= 4 is 10.8 Å². The second kappa shape index (κ2) is 9.41. The number of benzene rings is 2. The molecule has 0 bridgehead atoms. The van der Waals surface area contributed by atoms with Gasteiger partial charge in [0, 0.05) is 51.0 Å². The SMILES string of the molecule is Cc1cn(CCCCN2CCN(Cc3ccc4ccccc4c3)CC2)c(=O)[nH]c1=O. The fraction of sp³-hybridized carbons (Fsp3) is 0.417. The standard InChI is InChI=1S/C24H30N4O2/c1-19-17-28(24(30)25-23(19)29)11-5-4-10-26-12-14-27(15-13-26)18-20-8-9-21-6-2-3-7-22(21)16-20/h2-3,6-9,16-17H,4-5,10-15,18H2,1H3,(H,25,29,30). The lowest BCUT2D eigenvalue weighted by Crippen LogP contribution is -2.46. The van der Waals surface area contributed by atoms with Gasteiger partial charge in [-0.3, -0.25) is 14.7 Å². The molecule has 1 N–H and O–H groups in total. The molecule has 0 aliphatic carbocycles. The molecule has 3 aromatic rings. The molecule has 0 radical (unpaired) electrons. The smallest absolute Gasteiger partial charge is 0.301 e. The Hall–Kier alpha value is -2.70. The van der Waals surface area contributed by atoms with Crippen LogP contribution in [0, 0.1) is 6.92 Å². The second-order valence-corrected chi connectivity index (χ2v) is 8.27. The van der Waals surface area contributed by atoms with E-state index in [0.29, 0.717) is 12.1 Å². The highest BCUT2D eigenvalue weighted by Crippen LogP contribution is 2.17. The average molecular weight is 407 g/mol. The van der Waals surface area contributed by atoms with Crippen LogP contribution in [0.15, 0.2) is 58.3 Å². The van der Waals surface area contributed by atoms with Gasteiger partial charge in [-0.05, 0) is 48.7 Å². The first-order valence-corrected chi connectivity index (χ1v) is 10.8. The van der Waals surface area contributed by atoms with E-state index in [2.05, 4.69) is 57.2 Å². The minimum atomic E-state index is -0.312. The van der Waals surface area contributed by atoms with Crippen LogP contribution in [-0.2, 0) is 13.1 Å². The van der Waals surface area contributed by atoms with Crippen molar-refractivity contribution in [2.45, 2.75) is 32.9 Å². The minimum Gasteiger partial charge on any atom is -0.301 e. The number of hydrogen-bond acceptors (Lipinski definition) is 4. The van der Waals surface area contributed by atoms with Crippen LogP contribution in [0.2, 0.25) is 0 Å². The third-order valence-electron chi connectivity index (χ3n) is 6.00. The van der Waals surface area contributed by atoms with Crippen molar-refractivity contribution in [3.63, 3.8) is 0 Å². The molecule has 4 rings (SSSR count). The van der Waals surface area contributed by atoms with Crippen LogP contribution in [0.5, 0.6) is 0 Å². The largest absolute Gasteiger partial charge is 0.328 e. The van der Waals surface area contributed by atoms with E-state index < -0.39 is 0 Å². The van der Waals surface area contributed by atoms with E-state index in [9.17, 15) is 9.59 Å². The van der Waals surface area contributed by atoms with Crippen LogP contribution in [0.1, 0.15) is 24.0 Å². The topological polar surface area (TPSA) is 61.3 Å². The molecule has 0 atom stereocenters. The molecule has 2 aromatic carbocycles. The maximum Gasteiger partial charge on any atom is 0.328 e. The zero-order valence-electron chi connectivity index (χ0n) is 17.6. The highest BCUT2D eigenvalue weighted by atomic mass is 16.2. The summed E-state index contributed by atoms with van der Waals surface area (Å²) >= 11 is 0. The lowest BCUT2D eigenvalue weighted by atomic mass is 10.1. The number of nitrogens with one attached hydrogen (secondary N) is 1. The van der Waals surface area contributed by atoms with E-state index in [1.54, 1.807) is 17.7 Å². The Bertz CT molecular complexity index is 1110. The van der Waals surface area contributed by atoms with Gasteiger partial charge in [-0.15, -0.1) is 0 Å². The Kier molecular flexibility index (Phi) is 6.45. The van der Waals surface area contributed by atoms with E-state index in [-0.39, 0.29) is 11.2 Å². The molecular weight excluding hydrogens is 376 g/mol. The molecule has 158 valence electrons. The van der Waals surface area contributed by atoms with Gasteiger partial charge < -0.3 is 9.47 Å². The summed E-state index contributed by atoms with van der Waals surface area (Å²) in [6.07, 6.45) is 3.64. The van der Waals surface area contributed by atoms with Gasteiger partial charge in [0.15, 0.2) is 0 Å². The third-order valence-corrected chi connectivity index (χ3v) is 6.00. The Morgan fingerprint density at radius 3 is 2.37 bits per heavy atom. The molecule has 1 aliphatic heterocycles. The number of aromatic amines is 1. The predicted molar refractivity (Wildman–Crippen MR) is 121 cm³/mol. The van der Waals surface area contributed by atoms with Crippen LogP contribution in [0.4, 0.5) is 0 Å². The molecule has 1 fully saturated rings. The fourth-order valence-corrected chi connectivity index (χ4v) is 4.17. The fourth-order valence-electron chi connectivity index (χ4n) is 4.17. The van der Waals surface area contributed by atoms with Crippen molar-refractivity contribution in [2.24, 2.45) is 0 Å². The normalized spacial score (nSPS) is 15.6. The summed E-state index contributed by atoms with van der Waals surface area (Å²) in [5, 5.41) is 2.61. The summed E-state index contributed by atoms with van der Waals surface area (Å²) in [6.45, 7) is 8.80. The summed E-state index contributed by atoms with van der Waals surface area (Å²) in [6, 6.07) is 15.3. The van der Waals surface area contributed by atoms with Crippen LogP contribution in [0.25, 0.3) is 10.8 Å². The first-order chi connectivity index (χ1) is 14.6. The monoisotopic (exact) mass is 406 g/mol. The minimum absolute atomic E-state index is 0.294. The van der Waals surface area contributed by atoms with E-state index in [1.165, 1.54) is 16.3 Å². The molecule has 6 nitrogen and oxygen atoms in total. The molecule has 30 heavy (non-hydrogen) atoms. The maximum absolute atomic E-state index is 11.8. The molecule has 1 aliphatic rings. The Balaban J connectivity index is 1.20. The first kappa shape index (κ1) is 20.6. The van der Waals surface area contributed by atoms with E-state index in [4.69, 9.17) is 0 Å². The van der Waals surface area contributed by atoms with Crippen molar-refractivity contribution < 1.29 is 0 Å². The summed E-state index contributed by atoms with van der Waals surface area (Å²) in [4.78, 5) is 30.7. The first-order valence-electron chi connectivity index (χ1n) is 10.8. The van der Waals surface area contributed by atoms with E-state index in [0.717, 1.165) is 52.1 Å². The van der Waals surface area contributed by atoms with Crippen LogP contribution in [0.3, 0.4) is 0 Å². The number of unbranched alkanes of at least 4 members (excludes halogenated alkanes) is 1. The van der Waals surface area contributed by atoms with Crippen molar-refractivity contribution in [3.05, 3.63) is 80.6 Å². The number of piperazine rings is 1. The second-order valence-electron chi connectivity index (χ2n) is 8.27. The molecule has 0 unspecified atom stereocenters. The van der Waals surface area contributed by atoms with Crippen molar-refractivity contribution in [1.82, 2.24) is 19.4 Å². The van der Waals surface area contributed by atoms with E-state index >= 15 is 0 Å². The molecule has 1 saturated heterocycles. The third kappa shape index (κ3) is 5.07. The van der Waals surface area contributed by atoms with E-state index in [1.807, 2.05) is 0 Å². The molecule has 0 amide bonds. The quantitative estimate of drug-likeness (QED) is 0.613. The Labute approximate surface area is 176 Å². The Morgan fingerprint density at radius 2 is 1.57 bits per heavy atom. The number of nitrogens with zero attached hydrogens (tertiary/aromatic N) is 3. The van der Waals surface area contributed by atoms with Gasteiger partial charge in [-0.25, -0.2) is 4.79 Å². The zero-order chi connectivity index (χ0) is 20.9. The van der Waals surface area contributed by atoms with Gasteiger partial charge in [0.25, 0.3) is 5.56 Å². The molecule has 6 heteroatoms. The van der Waals surface area contributed by atoms with Gasteiger partial charge in [-0.2, -0.15) is 0 Å². The van der Waals surface area contributed by atoms with Gasteiger partial charge in [0.2, 0.25) is 0 Å². The number of rotatable bonds is 7. The van der Waals surface area contributed by atoms with Gasteiger partial charge in [0.05, 0.1) is 0 Å². The predicted octanol–water partition coefficient (Wildman–Crippen LogP) is 2.60. The number of hydrogen-bond donors (Lipinski definition) is 1. The van der Waals surface area contributed by atoms with Gasteiger partial charge in [-0.1, -0.05) is 36.4 Å². The van der Waals surface area contributed by atoms with Gasteiger partial charge in [0.1, 0.15) is 0 Å². The number of fused-ring (bicyclic) bond motifs is 1. The van der Waals surface area contributed by atoms with Crippen molar-refractivity contribution in [2.75, 3.05) is 32.7 Å². The summed E-state index contributed by atoms with van der Waals surface area (Å²) in [5.41, 5.74) is 1.35. The van der Waals surface area contributed by atoms with Crippen LogP contribution < -0.4 is 11.2 Å². The van der Waals surface area contributed by atoms with Crippen LogP contribution in [-0.4, -0.2) is 52.1 Å². The van der Waals surface area contributed by atoms with Gasteiger partial charge >= 0.3 is 5.69 Å². The number of aryl methyl sites for hydroxylation is 2. The van der Waals surface area contributed by atoms with Crippen LogP contribution >= 0.6 is 0 Å². The summed E-state index contributed by atoms with van der Waals surface area (Å²) < 4.78 is 1.61. The lowest BCUT2D eigenvalue weighted by Gasteiger charge is -2.34. The number of aromatic nitrogens is 2. The Morgan fingerprint density at radius 1 is 0.867 bits per heavy atom. The molecule has 0 spiro atoms. The highest BCUT2D eigenvalue weighted by molar-refractivity contribution is 5.82. The number of H-pyrrole nitrogens is 1. The maximum atomic E-state index is 11.8. The zero-order valence-corrected chi connectivity index (χ0v) is 17.6. The molecule has 2 heterocycles. The van der Waals surface area contributed by atoms with Crippen molar-refractivity contribution in [1.29, 1.82) is 0 Å². The average Bonchev–Trinajstić information content (AvgIpc) is 2.75. The lowest BCUT2D eigenvalue weighted by molar-refractivity contribution is 0.125.